The first-order valence-corrected chi connectivity index (χ1v) is 8.47. The number of hydrogen-bond donors (Lipinski definition) is 0. The Kier molecular flexibility index (Phi) is 3.75. The van der Waals surface area contributed by atoms with Crippen molar-refractivity contribution in [1.29, 1.82) is 0 Å². The highest BCUT2D eigenvalue weighted by Crippen LogP contribution is 2.49. The summed E-state index contributed by atoms with van der Waals surface area (Å²) in [6, 6.07) is 7.80. The molecule has 6 nitrogen and oxygen atoms in total. The molecule has 2 aliphatic rings. The molecule has 0 spiro atoms. The summed E-state index contributed by atoms with van der Waals surface area (Å²) >= 11 is 0. The van der Waals surface area contributed by atoms with E-state index in [-0.39, 0.29) is 5.91 Å². The minimum Gasteiger partial charge on any atom is -0.497 e. The summed E-state index contributed by atoms with van der Waals surface area (Å²) in [7, 11) is 1.65. The third kappa shape index (κ3) is 2.66. The minimum atomic E-state index is -0.552. The zero-order valence-electron chi connectivity index (χ0n) is 13.8. The molecule has 24 heavy (non-hydrogen) atoms. The van der Waals surface area contributed by atoms with Crippen molar-refractivity contribution < 1.29 is 14.1 Å². The Morgan fingerprint density at radius 2 is 2.12 bits per heavy atom. The fourth-order valence-corrected chi connectivity index (χ4v) is 3.35. The molecule has 1 saturated carbocycles. The molecule has 4 rings (SSSR count). The highest BCUT2D eigenvalue weighted by Gasteiger charge is 2.57. The molecule has 1 aliphatic carbocycles. The van der Waals surface area contributed by atoms with Gasteiger partial charge in [0.1, 0.15) is 11.2 Å². The Balaban J connectivity index is 1.51. The fraction of sp³-hybridized carbons (Fsp3) is 0.500. The van der Waals surface area contributed by atoms with Gasteiger partial charge in [0.2, 0.25) is 11.8 Å². The Morgan fingerprint density at radius 3 is 2.83 bits per heavy atom. The van der Waals surface area contributed by atoms with Crippen LogP contribution in [0.1, 0.15) is 43.0 Å². The molecule has 2 fully saturated rings. The van der Waals surface area contributed by atoms with Crippen LogP contribution in [0.2, 0.25) is 0 Å². The topological polar surface area (TPSA) is 68.5 Å². The summed E-state index contributed by atoms with van der Waals surface area (Å²) in [5.41, 5.74) is 0.502. The monoisotopic (exact) mass is 327 g/mol. The van der Waals surface area contributed by atoms with Crippen LogP contribution < -0.4 is 4.74 Å². The van der Waals surface area contributed by atoms with Crippen LogP contribution in [-0.2, 0) is 16.6 Å². The first-order chi connectivity index (χ1) is 11.7. The van der Waals surface area contributed by atoms with E-state index in [9.17, 15) is 4.79 Å². The average Bonchev–Trinajstić information content (AvgIpc) is 3.01. The van der Waals surface area contributed by atoms with Crippen molar-refractivity contribution in [2.75, 3.05) is 20.2 Å². The molecule has 1 amide bonds. The lowest BCUT2D eigenvalue weighted by Crippen LogP contribution is -2.37. The fourth-order valence-electron chi connectivity index (χ4n) is 3.35. The van der Waals surface area contributed by atoms with Crippen LogP contribution in [0, 0.1) is 0 Å². The SMILES string of the molecule is COc1cccc(Cc2noc(C3(C(=O)N4CCCC4)CC3)n2)c1. The van der Waals surface area contributed by atoms with Gasteiger partial charge in [-0.15, -0.1) is 0 Å². The highest BCUT2D eigenvalue weighted by molar-refractivity contribution is 5.90. The second kappa shape index (κ2) is 5.92. The molecular weight excluding hydrogens is 306 g/mol. The Hall–Kier alpha value is -2.37. The van der Waals surface area contributed by atoms with Gasteiger partial charge in [0.25, 0.3) is 0 Å². The maximum Gasteiger partial charge on any atom is 0.242 e. The van der Waals surface area contributed by atoms with Crippen molar-refractivity contribution in [3.05, 3.63) is 41.5 Å². The Morgan fingerprint density at radius 1 is 1.33 bits per heavy atom. The zero-order valence-corrected chi connectivity index (χ0v) is 13.8. The number of ether oxygens (including phenoxy) is 1. The van der Waals surface area contributed by atoms with Crippen LogP contribution >= 0.6 is 0 Å². The van der Waals surface area contributed by atoms with E-state index in [0.29, 0.717) is 18.1 Å². The predicted octanol–water partition coefficient (Wildman–Crippen LogP) is 2.32. The minimum absolute atomic E-state index is 0.164. The molecule has 1 aromatic heterocycles. The average molecular weight is 327 g/mol. The van der Waals surface area contributed by atoms with Crippen molar-refractivity contribution in [3.8, 4) is 5.75 Å². The lowest BCUT2D eigenvalue weighted by atomic mass is 10.1. The van der Waals surface area contributed by atoms with Crippen LogP contribution in [0.25, 0.3) is 0 Å². The number of carbonyl (C=O) groups is 1. The molecule has 0 unspecified atom stereocenters. The molecule has 0 radical (unpaired) electrons. The number of benzene rings is 1. The number of amides is 1. The molecule has 1 aromatic carbocycles. The summed E-state index contributed by atoms with van der Waals surface area (Å²) < 4.78 is 10.7. The predicted molar refractivity (Wildman–Crippen MR) is 86.8 cm³/mol. The van der Waals surface area contributed by atoms with Crippen molar-refractivity contribution in [2.24, 2.45) is 0 Å². The van der Waals surface area contributed by atoms with E-state index in [1.165, 1.54) is 0 Å². The maximum absolute atomic E-state index is 12.8. The van der Waals surface area contributed by atoms with Gasteiger partial charge < -0.3 is 14.2 Å². The normalized spacial score (nSPS) is 18.6. The number of carbonyl (C=O) groups excluding carboxylic acids is 1. The molecule has 1 saturated heterocycles. The standard InChI is InChI=1S/C18H21N3O3/c1-23-14-6-4-5-13(11-14)12-15-19-16(24-20-15)18(7-8-18)17(22)21-9-2-3-10-21/h4-6,11H,2-3,7-10,12H2,1H3. The summed E-state index contributed by atoms with van der Waals surface area (Å²) in [6.07, 6.45) is 4.36. The second-order valence-corrected chi connectivity index (χ2v) is 6.63. The lowest BCUT2D eigenvalue weighted by Gasteiger charge is -2.19. The number of nitrogens with zero attached hydrogens (tertiary/aromatic N) is 3. The van der Waals surface area contributed by atoms with E-state index < -0.39 is 5.41 Å². The van der Waals surface area contributed by atoms with Gasteiger partial charge in [-0.05, 0) is 43.4 Å². The summed E-state index contributed by atoms with van der Waals surface area (Å²) in [6.45, 7) is 1.71. The van der Waals surface area contributed by atoms with Crippen LogP contribution in [0.4, 0.5) is 0 Å². The Bertz CT molecular complexity index is 745. The molecule has 2 aromatic rings. The van der Waals surface area contributed by atoms with E-state index in [1.54, 1.807) is 7.11 Å². The van der Waals surface area contributed by atoms with Crippen molar-refractivity contribution in [2.45, 2.75) is 37.5 Å². The van der Waals surface area contributed by atoms with Gasteiger partial charge >= 0.3 is 0 Å². The number of hydrogen-bond acceptors (Lipinski definition) is 5. The van der Waals surface area contributed by atoms with Gasteiger partial charge in [0, 0.05) is 19.5 Å². The molecule has 0 N–H and O–H groups in total. The van der Waals surface area contributed by atoms with Gasteiger partial charge in [-0.25, -0.2) is 0 Å². The van der Waals surface area contributed by atoms with Crippen LogP contribution in [0.5, 0.6) is 5.75 Å². The van der Waals surface area contributed by atoms with Crippen molar-refractivity contribution in [3.63, 3.8) is 0 Å². The largest absolute Gasteiger partial charge is 0.497 e. The molecule has 0 bridgehead atoms. The van der Waals surface area contributed by atoms with E-state index in [1.807, 2.05) is 29.2 Å². The Labute approximate surface area is 140 Å². The third-order valence-corrected chi connectivity index (χ3v) is 4.93. The molecule has 1 aliphatic heterocycles. The first-order valence-electron chi connectivity index (χ1n) is 8.47. The van der Waals surface area contributed by atoms with Gasteiger partial charge in [0.05, 0.1) is 7.11 Å². The van der Waals surface area contributed by atoms with Crippen LogP contribution in [0.3, 0.4) is 0 Å². The van der Waals surface area contributed by atoms with Crippen molar-refractivity contribution >= 4 is 5.91 Å². The first kappa shape index (κ1) is 15.2. The van der Waals surface area contributed by atoms with E-state index in [0.717, 1.165) is 50.1 Å². The molecule has 0 atom stereocenters. The summed E-state index contributed by atoms with van der Waals surface area (Å²) in [5.74, 6) is 2.06. The number of methoxy groups -OCH3 is 1. The van der Waals surface area contributed by atoms with E-state index in [4.69, 9.17) is 9.26 Å². The van der Waals surface area contributed by atoms with E-state index >= 15 is 0 Å². The van der Waals surface area contributed by atoms with Crippen molar-refractivity contribution in [1.82, 2.24) is 15.0 Å². The van der Waals surface area contributed by atoms with Crippen LogP contribution in [0.15, 0.2) is 28.8 Å². The lowest BCUT2D eigenvalue weighted by molar-refractivity contribution is -0.133. The molecule has 6 heteroatoms. The number of likely N-dealkylation sites (tertiary alicyclic amines) is 1. The maximum atomic E-state index is 12.8. The van der Waals surface area contributed by atoms with E-state index in [2.05, 4.69) is 10.1 Å². The number of aromatic nitrogens is 2. The smallest absolute Gasteiger partial charge is 0.242 e. The second-order valence-electron chi connectivity index (χ2n) is 6.63. The third-order valence-electron chi connectivity index (χ3n) is 4.93. The molecular formula is C18H21N3O3. The van der Waals surface area contributed by atoms with Gasteiger partial charge in [-0.1, -0.05) is 17.3 Å². The quantitative estimate of drug-likeness (QED) is 0.843. The number of rotatable bonds is 5. The van der Waals surface area contributed by atoms with Gasteiger partial charge in [-0.3, -0.25) is 4.79 Å². The van der Waals surface area contributed by atoms with Crippen LogP contribution in [-0.4, -0.2) is 41.1 Å². The molecule has 2 heterocycles. The highest BCUT2D eigenvalue weighted by atomic mass is 16.5. The zero-order chi connectivity index (χ0) is 16.6. The summed E-state index contributed by atoms with van der Waals surface area (Å²) in [5, 5.41) is 4.08. The summed E-state index contributed by atoms with van der Waals surface area (Å²) in [4.78, 5) is 19.2. The molecule has 126 valence electrons. The van der Waals surface area contributed by atoms with Gasteiger partial charge in [0.15, 0.2) is 5.82 Å². The van der Waals surface area contributed by atoms with Gasteiger partial charge in [-0.2, -0.15) is 4.98 Å².